The normalized spacial score (nSPS) is 16.7. The van der Waals surface area contributed by atoms with E-state index in [0.29, 0.717) is 6.54 Å². The SMILES string of the molecule is CSCc1nc2ccccc2n1CC(=O)NC1CCNC1.Cl.Cl. The number of nitrogens with zero attached hydrogens (tertiary/aromatic N) is 2. The molecular weight excluding hydrogens is 355 g/mol. The van der Waals surface area contributed by atoms with Crippen LogP contribution in [0.25, 0.3) is 11.0 Å². The maximum Gasteiger partial charge on any atom is 0.240 e. The van der Waals surface area contributed by atoms with Gasteiger partial charge in [-0.05, 0) is 31.4 Å². The number of amides is 1. The lowest BCUT2D eigenvalue weighted by molar-refractivity contribution is -0.122. The molecule has 1 aromatic heterocycles. The van der Waals surface area contributed by atoms with E-state index in [1.54, 1.807) is 11.8 Å². The van der Waals surface area contributed by atoms with Crippen LogP contribution in [0.5, 0.6) is 0 Å². The molecule has 1 aliphatic heterocycles. The van der Waals surface area contributed by atoms with Crippen molar-refractivity contribution in [3.05, 3.63) is 30.1 Å². The molecule has 1 amide bonds. The second-order valence-corrected chi connectivity index (χ2v) is 6.16. The average molecular weight is 377 g/mol. The highest BCUT2D eigenvalue weighted by Gasteiger charge is 2.18. The van der Waals surface area contributed by atoms with Gasteiger partial charge in [-0.15, -0.1) is 24.8 Å². The molecule has 5 nitrogen and oxygen atoms in total. The summed E-state index contributed by atoms with van der Waals surface area (Å²) >= 11 is 1.72. The van der Waals surface area contributed by atoms with Crippen LogP contribution in [0.3, 0.4) is 0 Å². The van der Waals surface area contributed by atoms with Crippen LogP contribution < -0.4 is 10.6 Å². The molecule has 3 rings (SSSR count). The first-order chi connectivity index (χ1) is 10.3. The number of halogens is 2. The highest BCUT2D eigenvalue weighted by atomic mass is 35.5. The van der Waals surface area contributed by atoms with Gasteiger partial charge in [0.2, 0.25) is 5.91 Å². The number of carbonyl (C=O) groups excluding carboxylic acids is 1. The topological polar surface area (TPSA) is 59.0 Å². The molecule has 2 N–H and O–H groups in total. The molecule has 0 aliphatic carbocycles. The van der Waals surface area contributed by atoms with Crippen molar-refractivity contribution in [2.75, 3.05) is 19.3 Å². The van der Waals surface area contributed by atoms with Crippen LogP contribution >= 0.6 is 36.6 Å². The third-order valence-corrected chi connectivity index (χ3v) is 4.28. The van der Waals surface area contributed by atoms with Crippen molar-refractivity contribution in [1.29, 1.82) is 0 Å². The second kappa shape index (κ2) is 9.37. The maximum atomic E-state index is 12.3. The molecule has 0 spiro atoms. The van der Waals surface area contributed by atoms with Gasteiger partial charge in [0.05, 0.1) is 16.8 Å². The Bertz CT molecular complexity index is 643. The minimum Gasteiger partial charge on any atom is -0.350 e. The lowest BCUT2D eigenvalue weighted by Gasteiger charge is -2.13. The fourth-order valence-corrected chi connectivity index (χ4v) is 3.21. The van der Waals surface area contributed by atoms with E-state index >= 15 is 0 Å². The van der Waals surface area contributed by atoms with Crippen molar-refractivity contribution >= 4 is 53.5 Å². The predicted molar refractivity (Wildman–Crippen MR) is 101 cm³/mol. The van der Waals surface area contributed by atoms with E-state index in [4.69, 9.17) is 0 Å². The molecule has 23 heavy (non-hydrogen) atoms. The zero-order valence-electron chi connectivity index (χ0n) is 12.9. The van der Waals surface area contributed by atoms with Crippen LogP contribution in [0, 0.1) is 0 Å². The van der Waals surface area contributed by atoms with Crippen LogP contribution in [-0.4, -0.2) is 40.8 Å². The van der Waals surface area contributed by atoms with E-state index in [1.165, 1.54) is 0 Å². The van der Waals surface area contributed by atoms with E-state index in [1.807, 2.05) is 35.1 Å². The number of hydrogen-bond acceptors (Lipinski definition) is 4. The van der Waals surface area contributed by atoms with Crippen LogP contribution in [0.2, 0.25) is 0 Å². The molecule has 1 fully saturated rings. The third kappa shape index (κ3) is 4.76. The van der Waals surface area contributed by atoms with Crippen LogP contribution in [0.15, 0.2) is 24.3 Å². The number of imidazole rings is 1. The van der Waals surface area contributed by atoms with Crippen LogP contribution in [0.4, 0.5) is 0 Å². The molecule has 8 heteroatoms. The lowest BCUT2D eigenvalue weighted by Crippen LogP contribution is -2.38. The number of thioether (sulfide) groups is 1. The van der Waals surface area contributed by atoms with Crippen molar-refractivity contribution in [2.45, 2.75) is 24.8 Å². The highest BCUT2D eigenvalue weighted by Crippen LogP contribution is 2.18. The van der Waals surface area contributed by atoms with E-state index < -0.39 is 0 Å². The first kappa shape index (κ1) is 20.1. The summed E-state index contributed by atoms with van der Waals surface area (Å²) in [5.74, 6) is 1.84. The summed E-state index contributed by atoms with van der Waals surface area (Å²) in [6.45, 7) is 2.19. The van der Waals surface area contributed by atoms with Crippen LogP contribution in [0.1, 0.15) is 12.2 Å². The number of para-hydroxylation sites is 2. The fraction of sp³-hybridized carbons (Fsp3) is 0.467. The quantitative estimate of drug-likeness (QED) is 0.839. The Morgan fingerprint density at radius 3 is 2.91 bits per heavy atom. The van der Waals surface area contributed by atoms with Gasteiger partial charge in [-0.25, -0.2) is 4.98 Å². The Hall–Kier alpha value is -0.950. The number of rotatable bonds is 5. The Labute approximate surface area is 152 Å². The van der Waals surface area contributed by atoms with Gasteiger partial charge in [0.1, 0.15) is 12.4 Å². The van der Waals surface area contributed by atoms with Crippen LogP contribution in [-0.2, 0) is 17.1 Å². The summed E-state index contributed by atoms with van der Waals surface area (Å²) in [5, 5.41) is 6.35. The number of hydrogen-bond donors (Lipinski definition) is 2. The third-order valence-electron chi connectivity index (χ3n) is 3.73. The lowest BCUT2D eigenvalue weighted by atomic mass is 10.2. The number of fused-ring (bicyclic) bond motifs is 1. The van der Waals surface area contributed by atoms with Crippen molar-refractivity contribution in [1.82, 2.24) is 20.2 Å². The number of benzene rings is 1. The van der Waals surface area contributed by atoms with E-state index in [9.17, 15) is 4.79 Å². The monoisotopic (exact) mass is 376 g/mol. The molecule has 0 saturated carbocycles. The summed E-state index contributed by atoms with van der Waals surface area (Å²) < 4.78 is 2.03. The molecule has 1 atom stereocenters. The zero-order valence-corrected chi connectivity index (χ0v) is 15.4. The molecule has 2 aromatic rings. The largest absolute Gasteiger partial charge is 0.350 e. The zero-order chi connectivity index (χ0) is 14.7. The number of aromatic nitrogens is 2. The predicted octanol–water partition coefficient (Wildman–Crippen LogP) is 2.22. The van der Waals surface area contributed by atoms with Gasteiger partial charge in [-0.1, -0.05) is 12.1 Å². The number of carbonyl (C=O) groups is 1. The first-order valence-electron chi connectivity index (χ1n) is 7.21. The molecular formula is C15H22Cl2N4OS. The van der Waals surface area contributed by atoms with Crippen molar-refractivity contribution < 1.29 is 4.79 Å². The summed E-state index contributed by atoms with van der Waals surface area (Å²) in [6.07, 6.45) is 3.06. The first-order valence-corrected chi connectivity index (χ1v) is 8.60. The molecule has 0 bridgehead atoms. The van der Waals surface area contributed by atoms with Gasteiger partial charge in [-0.3, -0.25) is 4.79 Å². The van der Waals surface area contributed by atoms with Gasteiger partial charge in [-0.2, -0.15) is 11.8 Å². The van der Waals surface area contributed by atoms with Gasteiger partial charge in [0.25, 0.3) is 0 Å². The van der Waals surface area contributed by atoms with Crippen molar-refractivity contribution in [3.63, 3.8) is 0 Å². The minimum atomic E-state index is 0. The van der Waals surface area contributed by atoms with Gasteiger partial charge in [0.15, 0.2) is 0 Å². The van der Waals surface area contributed by atoms with Gasteiger partial charge in [0, 0.05) is 12.6 Å². The highest BCUT2D eigenvalue weighted by molar-refractivity contribution is 7.97. The molecule has 1 saturated heterocycles. The van der Waals surface area contributed by atoms with E-state index in [0.717, 1.165) is 42.1 Å². The standard InChI is InChI=1S/C15H20N4OS.2ClH/c1-21-10-14-18-12-4-2-3-5-13(12)19(14)9-15(20)17-11-6-7-16-8-11;;/h2-5,11,16H,6-10H2,1H3,(H,17,20);2*1H. The molecule has 1 unspecified atom stereocenters. The fourth-order valence-electron chi connectivity index (χ4n) is 2.74. The Morgan fingerprint density at radius 1 is 1.43 bits per heavy atom. The summed E-state index contributed by atoms with van der Waals surface area (Å²) in [7, 11) is 0. The average Bonchev–Trinajstić information content (AvgIpc) is 3.08. The Balaban J connectivity index is 0.00000132. The Morgan fingerprint density at radius 2 is 2.22 bits per heavy atom. The Kier molecular flexibility index (Phi) is 8.19. The van der Waals surface area contributed by atoms with Crippen molar-refractivity contribution in [3.8, 4) is 0 Å². The maximum absolute atomic E-state index is 12.3. The molecule has 1 aromatic carbocycles. The minimum absolute atomic E-state index is 0. The van der Waals surface area contributed by atoms with E-state index in [-0.39, 0.29) is 36.8 Å². The molecule has 128 valence electrons. The summed E-state index contributed by atoms with van der Waals surface area (Å²) in [5.41, 5.74) is 1.98. The smallest absolute Gasteiger partial charge is 0.240 e. The molecule has 1 aliphatic rings. The second-order valence-electron chi connectivity index (χ2n) is 5.29. The summed E-state index contributed by atoms with van der Waals surface area (Å²) in [6, 6.07) is 8.25. The molecule has 2 heterocycles. The van der Waals surface area contributed by atoms with Gasteiger partial charge >= 0.3 is 0 Å². The van der Waals surface area contributed by atoms with Gasteiger partial charge < -0.3 is 15.2 Å². The number of nitrogens with one attached hydrogen (secondary N) is 2. The molecule has 0 radical (unpaired) electrons. The van der Waals surface area contributed by atoms with E-state index in [2.05, 4.69) is 15.6 Å². The summed E-state index contributed by atoms with van der Waals surface area (Å²) in [4.78, 5) is 16.9. The van der Waals surface area contributed by atoms with Crippen molar-refractivity contribution in [2.24, 2.45) is 0 Å².